The van der Waals surface area contributed by atoms with Gasteiger partial charge in [-0.05, 0) is 6.92 Å². The first kappa shape index (κ1) is 12.9. The van der Waals surface area contributed by atoms with Gasteiger partial charge in [-0.1, -0.05) is 0 Å². The van der Waals surface area contributed by atoms with Gasteiger partial charge in [0.05, 0.1) is 25.1 Å². The Morgan fingerprint density at radius 1 is 1.44 bits per heavy atom. The zero-order valence-corrected chi connectivity index (χ0v) is 9.98. The second-order valence-electron chi connectivity index (χ2n) is 3.96. The Hall–Kier alpha value is -1.12. The van der Waals surface area contributed by atoms with Crippen LogP contribution < -0.4 is 0 Å². The Kier molecular flexibility index (Phi) is 5.23. The molecule has 1 aliphatic heterocycles. The molecule has 0 radical (unpaired) electrons. The van der Waals surface area contributed by atoms with Gasteiger partial charge in [0.1, 0.15) is 0 Å². The summed E-state index contributed by atoms with van der Waals surface area (Å²) in [6.07, 6.45) is 0.449. The summed E-state index contributed by atoms with van der Waals surface area (Å²) in [5.74, 6) is 0.145. The molecule has 0 aliphatic carbocycles. The third-order valence-corrected chi connectivity index (χ3v) is 2.92. The van der Waals surface area contributed by atoms with Crippen LogP contribution in [0.5, 0.6) is 0 Å². The van der Waals surface area contributed by atoms with E-state index in [1.807, 2.05) is 11.8 Å². The van der Waals surface area contributed by atoms with E-state index in [4.69, 9.17) is 10.00 Å². The van der Waals surface area contributed by atoms with Crippen molar-refractivity contribution in [2.45, 2.75) is 19.4 Å². The van der Waals surface area contributed by atoms with E-state index in [-0.39, 0.29) is 11.9 Å². The van der Waals surface area contributed by atoms with E-state index in [2.05, 4.69) is 11.0 Å². The van der Waals surface area contributed by atoms with Crippen LogP contribution in [-0.2, 0) is 9.53 Å². The lowest BCUT2D eigenvalue weighted by molar-refractivity contribution is -0.134. The maximum Gasteiger partial charge on any atom is 0.224 e. The zero-order chi connectivity index (χ0) is 12.0. The highest BCUT2D eigenvalue weighted by molar-refractivity contribution is 5.76. The lowest BCUT2D eigenvalue weighted by atomic mass is 10.2. The average molecular weight is 225 g/mol. The largest absolute Gasteiger partial charge is 0.384 e. The number of nitriles is 1. The number of piperazine rings is 1. The number of nitrogens with zero attached hydrogens (tertiary/aromatic N) is 3. The van der Waals surface area contributed by atoms with Crippen molar-refractivity contribution in [1.29, 1.82) is 5.26 Å². The lowest BCUT2D eigenvalue weighted by Crippen LogP contribution is -2.51. The van der Waals surface area contributed by atoms with Crippen molar-refractivity contribution >= 4 is 5.91 Å². The summed E-state index contributed by atoms with van der Waals surface area (Å²) >= 11 is 0. The highest BCUT2D eigenvalue weighted by atomic mass is 16.5. The van der Waals surface area contributed by atoms with Gasteiger partial charge < -0.3 is 9.64 Å². The van der Waals surface area contributed by atoms with Crippen molar-refractivity contribution < 1.29 is 9.53 Å². The van der Waals surface area contributed by atoms with Crippen molar-refractivity contribution in [2.24, 2.45) is 0 Å². The van der Waals surface area contributed by atoms with Gasteiger partial charge in [0, 0.05) is 33.3 Å². The van der Waals surface area contributed by atoms with E-state index in [0.717, 1.165) is 13.1 Å². The van der Waals surface area contributed by atoms with Gasteiger partial charge >= 0.3 is 0 Å². The molecule has 1 amide bonds. The first-order chi connectivity index (χ1) is 7.69. The fourth-order valence-electron chi connectivity index (χ4n) is 1.79. The van der Waals surface area contributed by atoms with Gasteiger partial charge in [-0.3, -0.25) is 9.69 Å². The number of carbonyl (C=O) groups excluding carboxylic acids is 1. The average Bonchev–Trinajstić information content (AvgIpc) is 2.35. The summed E-state index contributed by atoms with van der Waals surface area (Å²) in [5, 5.41) is 8.79. The molecule has 5 heteroatoms. The quantitative estimate of drug-likeness (QED) is 0.680. The van der Waals surface area contributed by atoms with Gasteiger partial charge in [-0.25, -0.2) is 0 Å². The van der Waals surface area contributed by atoms with Crippen molar-refractivity contribution in [3.05, 3.63) is 0 Å². The third-order valence-electron chi connectivity index (χ3n) is 2.92. The Bertz CT molecular complexity index is 267. The summed E-state index contributed by atoms with van der Waals surface area (Å²) < 4.78 is 4.88. The first-order valence-electron chi connectivity index (χ1n) is 5.59. The van der Waals surface area contributed by atoms with Crippen LogP contribution in [0.4, 0.5) is 0 Å². The molecule has 1 heterocycles. The van der Waals surface area contributed by atoms with Crippen LogP contribution in [0.15, 0.2) is 0 Å². The normalized spacial score (nSPS) is 19.2. The highest BCUT2D eigenvalue weighted by Crippen LogP contribution is 2.07. The maximum absolute atomic E-state index is 11.7. The van der Waals surface area contributed by atoms with Gasteiger partial charge in [0.2, 0.25) is 5.91 Å². The molecular weight excluding hydrogens is 206 g/mol. The molecule has 0 aromatic rings. The predicted molar refractivity (Wildman–Crippen MR) is 59.7 cm³/mol. The molecule has 0 spiro atoms. The summed E-state index contributed by atoms with van der Waals surface area (Å²) in [7, 11) is 1.60. The van der Waals surface area contributed by atoms with Crippen LogP contribution in [0.2, 0.25) is 0 Å². The molecule has 0 N–H and O–H groups in total. The number of hydrogen-bond donors (Lipinski definition) is 0. The fraction of sp³-hybridized carbons (Fsp3) is 0.818. The summed E-state index contributed by atoms with van der Waals surface area (Å²) in [5.41, 5.74) is 0. The van der Waals surface area contributed by atoms with Crippen molar-refractivity contribution in [3.8, 4) is 6.07 Å². The van der Waals surface area contributed by atoms with Crippen LogP contribution in [-0.4, -0.2) is 61.6 Å². The Labute approximate surface area is 96.6 Å². The molecule has 0 saturated carbocycles. The topological polar surface area (TPSA) is 56.6 Å². The van der Waals surface area contributed by atoms with E-state index in [1.54, 1.807) is 7.11 Å². The monoisotopic (exact) mass is 225 g/mol. The molecular formula is C11H19N3O2. The second kappa shape index (κ2) is 6.46. The van der Waals surface area contributed by atoms with Crippen molar-refractivity contribution in [3.63, 3.8) is 0 Å². The highest BCUT2D eigenvalue weighted by Gasteiger charge is 2.23. The molecule has 1 atom stereocenters. The summed E-state index contributed by atoms with van der Waals surface area (Å²) in [6.45, 7) is 5.38. The predicted octanol–water partition coefficient (Wildman–Crippen LogP) is 0.0792. The number of hydrogen-bond acceptors (Lipinski definition) is 4. The Balaban J connectivity index is 2.32. The van der Waals surface area contributed by atoms with Crippen LogP contribution in [0.3, 0.4) is 0 Å². The van der Waals surface area contributed by atoms with Crippen LogP contribution in [0.1, 0.15) is 13.3 Å². The van der Waals surface area contributed by atoms with Crippen molar-refractivity contribution in [1.82, 2.24) is 9.80 Å². The van der Waals surface area contributed by atoms with E-state index < -0.39 is 0 Å². The minimum Gasteiger partial charge on any atom is -0.384 e. The zero-order valence-electron chi connectivity index (χ0n) is 9.98. The minimum atomic E-state index is -0.0590. The van der Waals surface area contributed by atoms with Crippen LogP contribution in [0, 0.1) is 11.3 Å². The SMILES string of the molecule is COCCC(=O)N1CCN(C(C)C#N)CC1. The van der Waals surface area contributed by atoms with E-state index in [9.17, 15) is 4.79 Å². The molecule has 1 aliphatic rings. The first-order valence-corrected chi connectivity index (χ1v) is 5.59. The Morgan fingerprint density at radius 2 is 2.06 bits per heavy atom. The molecule has 90 valence electrons. The second-order valence-corrected chi connectivity index (χ2v) is 3.96. The molecule has 1 fully saturated rings. The van der Waals surface area contributed by atoms with Gasteiger partial charge in [0.15, 0.2) is 0 Å². The number of amides is 1. The molecule has 1 rings (SSSR count). The van der Waals surface area contributed by atoms with Gasteiger partial charge in [0.25, 0.3) is 0 Å². The molecule has 16 heavy (non-hydrogen) atoms. The lowest BCUT2D eigenvalue weighted by Gasteiger charge is -2.35. The van der Waals surface area contributed by atoms with Crippen molar-refractivity contribution in [2.75, 3.05) is 39.9 Å². The molecule has 0 bridgehead atoms. The molecule has 0 aromatic carbocycles. The van der Waals surface area contributed by atoms with E-state index >= 15 is 0 Å². The molecule has 5 nitrogen and oxygen atoms in total. The maximum atomic E-state index is 11.7. The third kappa shape index (κ3) is 3.47. The van der Waals surface area contributed by atoms with E-state index in [1.165, 1.54) is 0 Å². The number of carbonyl (C=O) groups is 1. The van der Waals surface area contributed by atoms with Crippen LogP contribution in [0.25, 0.3) is 0 Å². The molecule has 1 saturated heterocycles. The molecule has 0 aromatic heterocycles. The fourth-order valence-corrected chi connectivity index (χ4v) is 1.79. The van der Waals surface area contributed by atoms with Gasteiger partial charge in [-0.15, -0.1) is 0 Å². The number of rotatable bonds is 4. The summed E-state index contributed by atoms with van der Waals surface area (Å²) in [6, 6.07) is 2.16. The number of ether oxygens (including phenoxy) is 1. The standard InChI is InChI=1S/C11H19N3O2/c1-10(9-12)13-4-6-14(7-5-13)11(15)3-8-16-2/h10H,3-8H2,1-2H3. The number of methoxy groups -OCH3 is 1. The smallest absolute Gasteiger partial charge is 0.224 e. The van der Waals surface area contributed by atoms with Gasteiger partial charge in [-0.2, -0.15) is 5.26 Å². The van der Waals surface area contributed by atoms with Crippen LogP contribution >= 0.6 is 0 Å². The van der Waals surface area contributed by atoms with E-state index in [0.29, 0.717) is 26.1 Å². The Morgan fingerprint density at radius 3 is 2.56 bits per heavy atom. The summed E-state index contributed by atoms with van der Waals surface area (Å²) in [4.78, 5) is 15.6. The minimum absolute atomic E-state index is 0.0590. The molecule has 1 unspecified atom stereocenters.